The molecule has 188 valence electrons. The molecule has 0 saturated carbocycles. The first-order chi connectivity index (χ1) is 16.2. The molecule has 9 atom stereocenters. The Bertz CT molecular complexity index is 1050. The molecule has 12 heteroatoms. The lowest BCUT2D eigenvalue weighted by molar-refractivity contribution is -0.309. The summed E-state index contributed by atoms with van der Waals surface area (Å²) in [5.41, 5.74) is 12.7. The van der Waals surface area contributed by atoms with Crippen LogP contribution in [0.5, 0.6) is 5.75 Å². The second kappa shape index (κ2) is 10.2. The van der Waals surface area contributed by atoms with Crippen molar-refractivity contribution in [2.75, 3.05) is 13.2 Å². The number of hydrogen-bond donors (Lipinski definition) is 6. The summed E-state index contributed by atoms with van der Waals surface area (Å²) in [5.74, 6) is 0.275. The minimum atomic E-state index is -1.36. The number of aliphatic hydroxyl groups excluding tert-OH is 4. The van der Waals surface area contributed by atoms with E-state index in [0.717, 1.165) is 10.9 Å². The van der Waals surface area contributed by atoms with Crippen molar-refractivity contribution in [1.82, 2.24) is 0 Å². The summed E-state index contributed by atoms with van der Waals surface area (Å²) in [5, 5.41) is 41.0. The molecule has 0 bridgehead atoms. The van der Waals surface area contributed by atoms with Gasteiger partial charge in [-0.2, -0.15) is 0 Å². The average molecular weight is 482 g/mol. The molecule has 0 radical (unpaired) electrons. The predicted octanol–water partition coefficient (Wildman–Crippen LogP) is -1.93. The number of rotatable bonds is 6. The summed E-state index contributed by atoms with van der Waals surface area (Å²) in [6, 6.07) is 4.19. The van der Waals surface area contributed by atoms with Crippen LogP contribution >= 0.6 is 0 Å². The van der Waals surface area contributed by atoms with Crippen molar-refractivity contribution in [3.63, 3.8) is 0 Å². The number of fused-ring (bicyclic) bond motifs is 1. The van der Waals surface area contributed by atoms with Crippen molar-refractivity contribution < 1.29 is 43.8 Å². The van der Waals surface area contributed by atoms with E-state index < -0.39 is 67.4 Å². The molecule has 2 saturated heterocycles. The van der Waals surface area contributed by atoms with Crippen LogP contribution in [0.25, 0.3) is 11.0 Å². The van der Waals surface area contributed by atoms with E-state index in [0.29, 0.717) is 5.58 Å². The zero-order valence-electron chi connectivity index (χ0n) is 18.5. The Morgan fingerprint density at radius 3 is 2.53 bits per heavy atom. The van der Waals surface area contributed by atoms with Gasteiger partial charge in [-0.05, 0) is 24.6 Å². The molecule has 0 amide bonds. The van der Waals surface area contributed by atoms with Crippen LogP contribution in [0, 0.1) is 6.92 Å². The summed E-state index contributed by atoms with van der Waals surface area (Å²) in [7, 11) is 0. The molecule has 1 aromatic heterocycles. The number of benzene rings is 1. The van der Waals surface area contributed by atoms with Gasteiger partial charge in [-0.25, -0.2) is 4.79 Å². The van der Waals surface area contributed by atoms with Crippen molar-refractivity contribution >= 4 is 11.0 Å². The highest BCUT2D eigenvalue weighted by atomic mass is 16.7. The van der Waals surface area contributed by atoms with E-state index in [1.807, 2.05) is 0 Å². The molecule has 1 aromatic carbocycles. The highest BCUT2D eigenvalue weighted by Crippen LogP contribution is 2.30. The molecule has 2 aliphatic rings. The van der Waals surface area contributed by atoms with E-state index in [1.165, 1.54) is 12.1 Å². The monoisotopic (exact) mass is 482 g/mol. The zero-order chi connectivity index (χ0) is 24.6. The largest absolute Gasteiger partial charge is 0.463 e. The molecule has 2 fully saturated rings. The molecule has 34 heavy (non-hydrogen) atoms. The Hall–Kier alpha value is -2.13. The van der Waals surface area contributed by atoms with E-state index in [1.54, 1.807) is 19.1 Å². The van der Waals surface area contributed by atoms with E-state index in [9.17, 15) is 25.2 Å². The fraction of sp³-hybridized carbons (Fsp3) is 0.591. The maximum absolute atomic E-state index is 11.7. The molecular weight excluding hydrogens is 452 g/mol. The predicted molar refractivity (Wildman–Crippen MR) is 117 cm³/mol. The molecule has 0 spiro atoms. The van der Waals surface area contributed by atoms with Gasteiger partial charge in [-0.1, -0.05) is 0 Å². The lowest BCUT2D eigenvalue weighted by atomic mass is 9.96. The lowest BCUT2D eigenvalue weighted by Gasteiger charge is -2.45. The van der Waals surface area contributed by atoms with Crippen molar-refractivity contribution in [1.29, 1.82) is 0 Å². The van der Waals surface area contributed by atoms with Gasteiger partial charge in [-0.15, -0.1) is 0 Å². The summed E-state index contributed by atoms with van der Waals surface area (Å²) >= 11 is 0. The molecule has 12 nitrogen and oxygen atoms in total. The third-order valence-electron chi connectivity index (χ3n) is 6.16. The van der Waals surface area contributed by atoms with E-state index in [4.69, 9.17) is 34.8 Å². The minimum absolute atomic E-state index is 0.130. The maximum Gasteiger partial charge on any atom is 0.336 e. The van der Waals surface area contributed by atoms with Crippen molar-refractivity contribution in [3.8, 4) is 5.75 Å². The van der Waals surface area contributed by atoms with Gasteiger partial charge in [0.05, 0.1) is 37.5 Å². The third kappa shape index (κ3) is 4.96. The highest BCUT2D eigenvalue weighted by Gasteiger charge is 2.48. The molecule has 2 aromatic rings. The molecule has 0 aliphatic carbocycles. The fourth-order valence-electron chi connectivity index (χ4n) is 4.21. The molecule has 0 unspecified atom stereocenters. The standard InChI is InChI=1S/C22H30N2O10/c1-9-4-16(28)32-14-6-10(2-3-12(9)14)30-22-18(24)19(29)20(15(8-26)33-22)34-21-17(23)13(27)5-11(7-25)31-21/h2-4,6,11,13,15,17-22,25-27,29H,5,7-8,23-24H2,1H3/t11-,13-,15+,17+,18+,19+,20+,21-,22+/m0/s1. The van der Waals surface area contributed by atoms with Gasteiger partial charge in [0.1, 0.15) is 29.6 Å². The van der Waals surface area contributed by atoms with E-state index >= 15 is 0 Å². The quantitative estimate of drug-likeness (QED) is 0.249. The molecule has 4 rings (SSSR count). The molecular formula is C22H30N2O10. The topological polar surface area (TPSA) is 200 Å². The van der Waals surface area contributed by atoms with E-state index in [2.05, 4.69) is 0 Å². The second-order valence-electron chi connectivity index (χ2n) is 8.61. The van der Waals surface area contributed by atoms with Gasteiger partial charge in [0.15, 0.2) is 6.29 Å². The summed E-state index contributed by atoms with van der Waals surface area (Å²) in [6.45, 7) is 0.887. The maximum atomic E-state index is 11.7. The Morgan fingerprint density at radius 1 is 1.06 bits per heavy atom. The number of ether oxygens (including phenoxy) is 4. The Labute approximate surface area is 194 Å². The molecule has 3 heterocycles. The van der Waals surface area contributed by atoms with Crippen LogP contribution in [-0.4, -0.2) is 88.8 Å². The van der Waals surface area contributed by atoms with Crippen molar-refractivity contribution in [2.45, 2.75) is 68.5 Å². The normalized spacial score (nSPS) is 36.5. The zero-order valence-corrected chi connectivity index (χ0v) is 18.5. The van der Waals surface area contributed by atoms with Crippen molar-refractivity contribution in [2.24, 2.45) is 11.5 Å². The van der Waals surface area contributed by atoms with Crippen LogP contribution in [0.4, 0.5) is 0 Å². The molecule has 8 N–H and O–H groups in total. The Balaban J connectivity index is 1.50. The van der Waals surface area contributed by atoms with Crippen LogP contribution in [0.1, 0.15) is 12.0 Å². The second-order valence-corrected chi connectivity index (χ2v) is 8.61. The summed E-state index contributed by atoms with van der Waals surface area (Å²) in [6.07, 6.45) is -7.49. The van der Waals surface area contributed by atoms with Crippen LogP contribution in [0.15, 0.2) is 33.5 Å². The summed E-state index contributed by atoms with van der Waals surface area (Å²) < 4.78 is 28.1. The minimum Gasteiger partial charge on any atom is -0.463 e. The van der Waals surface area contributed by atoms with E-state index in [-0.39, 0.29) is 18.8 Å². The number of hydrogen-bond acceptors (Lipinski definition) is 12. The number of nitrogens with two attached hydrogens (primary N) is 2. The fourth-order valence-corrected chi connectivity index (χ4v) is 4.21. The van der Waals surface area contributed by atoms with Gasteiger partial charge in [0.25, 0.3) is 0 Å². The first-order valence-electron chi connectivity index (χ1n) is 11.0. The smallest absolute Gasteiger partial charge is 0.336 e. The van der Waals surface area contributed by atoms with Gasteiger partial charge in [0.2, 0.25) is 6.29 Å². The lowest BCUT2D eigenvalue weighted by Crippen LogP contribution is -2.66. The van der Waals surface area contributed by atoms with Crippen molar-refractivity contribution in [3.05, 3.63) is 40.2 Å². The number of aliphatic hydroxyl groups is 4. The number of aryl methyl sites for hydroxylation is 1. The van der Waals surface area contributed by atoms with Gasteiger partial charge < -0.3 is 55.3 Å². The van der Waals surface area contributed by atoms with Crippen LogP contribution in [0.2, 0.25) is 0 Å². The first-order valence-corrected chi connectivity index (χ1v) is 11.0. The highest BCUT2D eigenvalue weighted by molar-refractivity contribution is 5.81. The van der Waals surface area contributed by atoms with Gasteiger partial charge in [0, 0.05) is 23.9 Å². The third-order valence-corrected chi connectivity index (χ3v) is 6.16. The van der Waals surface area contributed by atoms with Gasteiger partial charge in [-0.3, -0.25) is 0 Å². The van der Waals surface area contributed by atoms with Crippen LogP contribution < -0.4 is 21.8 Å². The van der Waals surface area contributed by atoms with Gasteiger partial charge >= 0.3 is 5.63 Å². The molecule has 2 aliphatic heterocycles. The van der Waals surface area contributed by atoms with Crippen LogP contribution in [0.3, 0.4) is 0 Å². The average Bonchev–Trinajstić information content (AvgIpc) is 2.80. The Morgan fingerprint density at radius 2 is 1.82 bits per heavy atom. The van der Waals surface area contributed by atoms with Crippen LogP contribution in [-0.2, 0) is 14.2 Å². The Kier molecular flexibility index (Phi) is 7.52. The SMILES string of the molecule is Cc1cc(=O)oc2cc(O[C@@H]3O[C@H](CO)[C@@H](O[C@@H]4O[C@H](CO)C[C@H](O)[C@H]4N)[C@H](O)[C@H]3N)ccc12. The summed E-state index contributed by atoms with van der Waals surface area (Å²) in [4.78, 5) is 11.7. The first kappa shape index (κ1) is 25.0.